The topological polar surface area (TPSA) is 48.9 Å². The van der Waals surface area contributed by atoms with E-state index in [2.05, 4.69) is 53.6 Å². The number of benzene rings is 1. The van der Waals surface area contributed by atoms with Crippen LogP contribution < -0.4 is 10.6 Å². The molecule has 0 radical (unpaired) electrons. The van der Waals surface area contributed by atoms with Crippen LogP contribution in [0.4, 0.5) is 0 Å². The lowest BCUT2D eigenvalue weighted by molar-refractivity contribution is 0.114. The Morgan fingerprint density at radius 3 is 2.52 bits per heavy atom. The summed E-state index contributed by atoms with van der Waals surface area (Å²) in [5, 5.41) is 6.73. The minimum Gasteiger partial charge on any atom is -0.376 e. The van der Waals surface area contributed by atoms with Gasteiger partial charge >= 0.3 is 0 Å². The number of aliphatic imine (C=N–C) groups is 1. The quantitative estimate of drug-likeness (QED) is 0.570. The Bertz CT molecular complexity index is 572. The summed E-state index contributed by atoms with van der Waals surface area (Å²) in [5.74, 6) is 1.76. The summed E-state index contributed by atoms with van der Waals surface area (Å²) in [6.45, 7) is 11.3. The third-order valence-electron chi connectivity index (χ3n) is 5.59. The van der Waals surface area contributed by atoms with Gasteiger partial charge in [-0.2, -0.15) is 0 Å². The van der Waals surface area contributed by atoms with Crippen molar-refractivity contribution in [3.05, 3.63) is 35.4 Å². The van der Waals surface area contributed by atoms with Crippen molar-refractivity contribution in [1.82, 2.24) is 15.5 Å². The number of hydrogen-bond acceptors (Lipinski definition) is 3. The molecule has 2 aliphatic heterocycles. The molecule has 1 unspecified atom stereocenters. The maximum atomic E-state index is 5.68. The van der Waals surface area contributed by atoms with Crippen LogP contribution in [0.3, 0.4) is 0 Å². The average Bonchev–Trinajstić information content (AvgIpc) is 3.21. The molecule has 5 nitrogen and oxygen atoms in total. The molecule has 0 amide bonds. The second-order valence-corrected chi connectivity index (χ2v) is 7.99. The fourth-order valence-electron chi connectivity index (χ4n) is 3.76. The van der Waals surface area contributed by atoms with Gasteiger partial charge in [0.15, 0.2) is 5.96 Å². The van der Waals surface area contributed by atoms with Crippen molar-refractivity contribution < 1.29 is 4.74 Å². The van der Waals surface area contributed by atoms with Gasteiger partial charge in [0.2, 0.25) is 0 Å². The van der Waals surface area contributed by atoms with Gasteiger partial charge in [-0.1, -0.05) is 31.2 Å². The minimum absolute atomic E-state index is 0.325. The number of piperidine rings is 1. The van der Waals surface area contributed by atoms with Crippen molar-refractivity contribution in [3.8, 4) is 0 Å². The molecule has 150 valence electrons. The molecule has 1 aromatic carbocycles. The summed E-state index contributed by atoms with van der Waals surface area (Å²) in [5.41, 5.74) is 2.65. The van der Waals surface area contributed by atoms with Gasteiger partial charge in [-0.3, -0.25) is 4.90 Å². The van der Waals surface area contributed by atoms with Crippen LogP contribution in [0.2, 0.25) is 0 Å². The Labute approximate surface area is 164 Å². The van der Waals surface area contributed by atoms with Gasteiger partial charge in [0.25, 0.3) is 0 Å². The normalized spacial score (nSPS) is 22.1. The number of likely N-dealkylation sites (tertiary alicyclic amines) is 1. The van der Waals surface area contributed by atoms with E-state index in [9.17, 15) is 0 Å². The van der Waals surface area contributed by atoms with E-state index in [0.29, 0.717) is 12.6 Å². The molecule has 5 heteroatoms. The summed E-state index contributed by atoms with van der Waals surface area (Å²) >= 11 is 0. The van der Waals surface area contributed by atoms with E-state index >= 15 is 0 Å². The Morgan fingerprint density at radius 2 is 1.85 bits per heavy atom. The largest absolute Gasteiger partial charge is 0.376 e. The first-order valence-corrected chi connectivity index (χ1v) is 10.7. The van der Waals surface area contributed by atoms with E-state index in [1.807, 2.05) is 0 Å². The Hall–Kier alpha value is -1.59. The number of hydrogen-bond donors (Lipinski definition) is 2. The summed E-state index contributed by atoms with van der Waals surface area (Å²) in [6.07, 6.45) is 5.30. The van der Waals surface area contributed by atoms with Crippen LogP contribution in [0.1, 0.15) is 50.7 Å². The smallest absolute Gasteiger partial charge is 0.191 e. The molecule has 1 atom stereocenters. The van der Waals surface area contributed by atoms with Crippen LogP contribution in [0, 0.1) is 5.92 Å². The molecule has 2 N–H and O–H groups in total. The highest BCUT2D eigenvalue weighted by Gasteiger charge is 2.16. The summed E-state index contributed by atoms with van der Waals surface area (Å²) in [4.78, 5) is 7.30. The van der Waals surface area contributed by atoms with Crippen LogP contribution in [0.15, 0.2) is 29.3 Å². The predicted molar refractivity (Wildman–Crippen MR) is 112 cm³/mol. The zero-order valence-electron chi connectivity index (χ0n) is 17.0. The van der Waals surface area contributed by atoms with Crippen molar-refractivity contribution in [2.45, 2.75) is 58.7 Å². The lowest BCUT2D eigenvalue weighted by Gasteiger charge is -2.30. The number of guanidine groups is 1. The Kier molecular flexibility index (Phi) is 7.96. The second-order valence-electron chi connectivity index (χ2n) is 7.99. The van der Waals surface area contributed by atoms with Crippen LogP contribution >= 0.6 is 0 Å². The molecule has 27 heavy (non-hydrogen) atoms. The number of nitrogens with one attached hydrogen (secondary N) is 2. The Morgan fingerprint density at radius 1 is 1.11 bits per heavy atom. The van der Waals surface area contributed by atoms with Crippen molar-refractivity contribution in [2.75, 3.05) is 32.8 Å². The zero-order valence-corrected chi connectivity index (χ0v) is 17.0. The third-order valence-corrected chi connectivity index (χ3v) is 5.59. The molecule has 2 aliphatic rings. The molecule has 3 rings (SSSR count). The van der Waals surface area contributed by atoms with E-state index in [-0.39, 0.29) is 0 Å². The van der Waals surface area contributed by atoms with E-state index in [1.165, 1.54) is 43.5 Å². The predicted octanol–water partition coefficient (Wildman–Crippen LogP) is 3.15. The van der Waals surface area contributed by atoms with E-state index < -0.39 is 0 Å². The van der Waals surface area contributed by atoms with Gasteiger partial charge in [-0.05, 0) is 62.7 Å². The first-order chi connectivity index (χ1) is 13.2. The third kappa shape index (κ3) is 6.82. The van der Waals surface area contributed by atoms with E-state index in [0.717, 1.165) is 44.5 Å². The summed E-state index contributed by atoms with van der Waals surface area (Å²) in [7, 11) is 0. The van der Waals surface area contributed by atoms with Crippen molar-refractivity contribution >= 4 is 5.96 Å². The molecule has 0 saturated carbocycles. The van der Waals surface area contributed by atoms with Gasteiger partial charge in [0.1, 0.15) is 0 Å². The van der Waals surface area contributed by atoms with Crippen LogP contribution in [-0.2, 0) is 17.8 Å². The van der Waals surface area contributed by atoms with Gasteiger partial charge in [-0.25, -0.2) is 4.99 Å². The molecular weight excluding hydrogens is 336 g/mol. The van der Waals surface area contributed by atoms with Gasteiger partial charge < -0.3 is 15.4 Å². The van der Waals surface area contributed by atoms with Crippen molar-refractivity contribution in [2.24, 2.45) is 10.9 Å². The molecule has 0 aromatic heterocycles. The average molecular weight is 373 g/mol. The molecule has 0 aliphatic carbocycles. The fourth-order valence-corrected chi connectivity index (χ4v) is 3.76. The highest BCUT2D eigenvalue weighted by molar-refractivity contribution is 5.79. The number of ether oxygens (including phenoxy) is 1. The summed E-state index contributed by atoms with van der Waals surface area (Å²) < 4.78 is 5.68. The summed E-state index contributed by atoms with van der Waals surface area (Å²) in [6, 6.07) is 8.95. The molecular formula is C22H36N4O. The molecule has 0 bridgehead atoms. The van der Waals surface area contributed by atoms with Crippen LogP contribution in [0.25, 0.3) is 0 Å². The fraction of sp³-hybridized carbons (Fsp3) is 0.682. The minimum atomic E-state index is 0.325. The lowest BCUT2D eigenvalue weighted by Crippen LogP contribution is -2.41. The van der Waals surface area contributed by atoms with Crippen molar-refractivity contribution in [3.63, 3.8) is 0 Å². The molecule has 1 aromatic rings. The molecule has 0 spiro atoms. The molecule has 2 fully saturated rings. The van der Waals surface area contributed by atoms with E-state index in [4.69, 9.17) is 9.73 Å². The van der Waals surface area contributed by atoms with Crippen LogP contribution in [-0.4, -0.2) is 49.7 Å². The SMILES string of the molecule is CCNC(=NCc1ccc(CN2CCC(C)CC2)cc1)NCC1CCCO1. The van der Waals surface area contributed by atoms with Gasteiger partial charge in [0.05, 0.1) is 12.6 Å². The number of nitrogens with zero attached hydrogens (tertiary/aromatic N) is 2. The second kappa shape index (κ2) is 10.7. The number of rotatable bonds is 7. The maximum absolute atomic E-state index is 5.68. The first kappa shape index (κ1) is 20.2. The molecule has 2 heterocycles. The van der Waals surface area contributed by atoms with Gasteiger partial charge in [0, 0.05) is 26.2 Å². The highest BCUT2D eigenvalue weighted by atomic mass is 16.5. The Balaban J connectivity index is 1.47. The monoisotopic (exact) mass is 372 g/mol. The first-order valence-electron chi connectivity index (χ1n) is 10.7. The standard InChI is InChI=1S/C22H36N4O/c1-3-23-22(25-16-21-5-4-14-27-21)24-15-19-6-8-20(9-7-19)17-26-12-10-18(2)11-13-26/h6-9,18,21H,3-5,10-17H2,1-2H3,(H2,23,24,25). The molecule has 2 saturated heterocycles. The lowest BCUT2D eigenvalue weighted by atomic mass is 9.99. The zero-order chi connectivity index (χ0) is 18.9. The van der Waals surface area contributed by atoms with Crippen molar-refractivity contribution in [1.29, 1.82) is 0 Å². The van der Waals surface area contributed by atoms with E-state index in [1.54, 1.807) is 0 Å². The van der Waals surface area contributed by atoms with Crippen LogP contribution in [0.5, 0.6) is 0 Å². The maximum Gasteiger partial charge on any atom is 0.191 e. The van der Waals surface area contributed by atoms with Gasteiger partial charge in [-0.15, -0.1) is 0 Å². The highest BCUT2D eigenvalue weighted by Crippen LogP contribution is 2.18.